The summed E-state index contributed by atoms with van der Waals surface area (Å²) in [5, 5.41) is 14.4. The lowest BCUT2D eigenvalue weighted by Gasteiger charge is -2.47. The number of hydrogen-bond acceptors (Lipinski definition) is 8. The lowest BCUT2D eigenvalue weighted by molar-refractivity contribution is -0.149. The van der Waals surface area contributed by atoms with Crippen molar-refractivity contribution in [1.29, 1.82) is 0 Å². The van der Waals surface area contributed by atoms with Crippen LogP contribution in [0.3, 0.4) is 0 Å². The number of anilines is 2. The molecule has 0 unspecified atom stereocenters. The average Bonchev–Trinajstić information content (AvgIpc) is 3.32. The number of aliphatic carboxylic acids is 1. The largest absolute Gasteiger partial charge is 0.481 e. The first-order valence-corrected chi connectivity index (χ1v) is 15.2. The quantitative estimate of drug-likeness (QED) is 0.276. The van der Waals surface area contributed by atoms with Crippen LogP contribution in [0.5, 0.6) is 5.88 Å². The number of amides is 1. The van der Waals surface area contributed by atoms with Gasteiger partial charge in [0.25, 0.3) is 0 Å². The van der Waals surface area contributed by atoms with E-state index in [1.165, 1.54) is 4.90 Å². The van der Waals surface area contributed by atoms with Crippen molar-refractivity contribution in [2.75, 3.05) is 23.7 Å². The zero-order chi connectivity index (χ0) is 32.6. The second-order valence-corrected chi connectivity index (χ2v) is 14.4. The predicted molar refractivity (Wildman–Crippen MR) is 171 cm³/mol. The summed E-state index contributed by atoms with van der Waals surface area (Å²) in [5.74, 6) is 0.0976. The molecule has 3 N–H and O–H groups in total. The maximum atomic E-state index is 13.8. The van der Waals surface area contributed by atoms with Crippen LogP contribution in [0.15, 0.2) is 36.5 Å². The molecule has 1 aliphatic rings. The van der Waals surface area contributed by atoms with Gasteiger partial charge in [-0.3, -0.25) is 14.6 Å². The Bertz CT molecular complexity index is 1510. The molecule has 4 rings (SSSR count). The number of fused-ring (bicyclic) bond motifs is 1. The predicted octanol–water partition coefficient (Wildman–Crippen LogP) is 6.11. The lowest BCUT2D eigenvalue weighted by atomic mass is 9.84. The highest BCUT2D eigenvalue weighted by Crippen LogP contribution is 2.34. The third kappa shape index (κ3) is 7.61. The number of hydrogen-bond donors (Lipinski definition) is 2. The Kier molecular flexibility index (Phi) is 9.21. The van der Waals surface area contributed by atoms with E-state index in [1.54, 1.807) is 36.7 Å². The number of rotatable bonds is 9. The summed E-state index contributed by atoms with van der Waals surface area (Å²) in [6.07, 6.45) is 2.60. The van der Waals surface area contributed by atoms with Crippen molar-refractivity contribution in [3.63, 3.8) is 0 Å². The lowest BCUT2D eigenvalue weighted by Crippen LogP contribution is -2.56. The van der Waals surface area contributed by atoms with Crippen molar-refractivity contribution >= 4 is 29.2 Å². The minimum atomic E-state index is -0.915. The molecule has 0 saturated carbocycles. The molecule has 1 amide bonds. The van der Waals surface area contributed by atoms with Crippen molar-refractivity contribution < 1.29 is 24.2 Å². The standard InChI is InChI=1S/C33H48N6O5/c1-21(2)25-17-35-39-27(38(30(42)44-31(3,4)5)18-22-11-10-12-23(34)15-22)16-26(36-28(25)39)43-24-13-14-33(8,9)37(19-24)20-32(6,7)29(40)41/h10-12,15-17,21,24H,13-14,18-20,34H2,1-9H3,(H,40,41)/t24-/m1/s1. The molecule has 0 radical (unpaired) electrons. The molecule has 11 nitrogen and oxygen atoms in total. The Balaban J connectivity index is 1.76. The minimum Gasteiger partial charge on any atom is -0.481 e. The summed E-state index contributed by atoms with van der Waals surface area (Å²) in [6, 6.07) is 9.11. The van der Waals surface area contributed by atoms with Gasteiger partial charge < -0.3 is 20.3 Å². The number of carbonyl (C=O) groups is 2. The van der Waals surface area contributed by atoms with Crippen LogP contribution in [0.4, 0.5) is 16.3 Å². The number of benzene rings is 1. The van der Waals surface area contributed by atoms with E-state index in [-0.39, 0.29) is 24.1 Å². The molecule has 3 heterocycles. The smallest absolute Gasteiger partial charge is 0.416 e. The highest BCUT2D eigenvalue weighted by molar-refractivity contribution is 5.87. The molecule has 11 heteroatoms. The number of ether oxygens (including phenoxy) is 2. The Hall–Kier alpha value is -3.86. The number of nitrogens with zero attached hydrogens (tertiary/aromatic N) is 5. The maximum Gasteiger partial charge on any atom is 0.416 e. The molecule has 0 spiro atoms. The third-order valence-corrected chi connectivity index (χ3v) is 8.07. The number of nitrogens with two attached hydrogens (primary N) is 1. The summed E-state index contributed by atoms with van der Waals surface area (Å²) >= 11 is 0. The van der Waals surface area contributed by atoms with E-state index in [9.17, 15) is 14.7 Å². The maximum absolute atomic E-state index is 13.8. The van der Waals surface area contributed by atoms with Crippen LogP contribution in [0.2, 0.25) is 0 Å². The van der Waals surface area contributed by atoms with Crippen LogP contribution >= 0.6 is 0 Å². The first kappa shape index (κ1) is 33.0. The Morgan fingerprint density at radius 3 is 2.50 bits per heavy atom. The number of carboxylic acids is 1. The van der Waals surface area contributed by atoms with Crippen LogP contribution in [-0.2, 0) is 16.1 Å². The molecule has 1 aliphatic heterocycles. The first-order valence-electron chi connectivity index (χ1n) is 15.2. The van der Waals surface area contributed by atoms with Crippen LogP contribution in [0, 0.1) is 5.41 Å². The van der Waals surface area contributed by atoms with Crippen molar-refractivity contribution in [3.05, 3.63) is 47.7 Å². The number of nitrogen functional groups attached to an aromatic ring is 1. The molecular weight excluding hydrogens is 560 g/mol. The average molecular weight is 609 g/mol. The Labute approximate surface area is 260 Å². The molecule has 1 saturated heterocycles. The van der Waals surface area contributed by atoms with E-state index in [0.717, 1.165) is 24.0 Å². The molecule has 3 aromatic rings. The molecular formula is C33H48N6O5. The number of aromatic nitrogens is 3. The van der Waals surface area contributed by atoms with Crippen molar-refractivity contribution in [2.45, 2.75) is 105 Å². The normalized spacial score (nSPS) is 17.5. The molecule has 0 aliphatic carbocycles. The highest BCUT2D eigenvalue weighted by atomic mass is 16.6. The molecule has 2 aromatic heterocycles. The van der Waals surface area contributed by atoms with E-state index < -0.39 is 23.1 Å². The fourth-order valence-electron chi connectivity index (χ4n) is 5.38. The Morgan fingerprint density at radius 2 is 1.89 bits per heavy atom. The van der Waals surface area contributed by atoms with E-state index in [0.29, 0.717) is 36.1 Å². The fraction of sp³-hybridized carbons (Fsp3) is 0.576. The first-order chi connectivity index (χ1) is 20.4. The monoisotopic (exact) mass is 608 g/mol. The van der Waals surface area contributed by atoms with Gasteiger partial charge in [0, 0.05) is 35.9 Å². The van der Waals surface area contributed by atoms with Gasteiger partial charge in [0.2, 0.25) is 5.88 Å². The second-order valence-electron chi connectivity index (χ2n) is 14.4. The number of likely N-dealkylation sites (tertiary alicyclic amines) is 1. The minimum absolute atomic E-state index is 0.121. The van der Waals surface area contributed by atoms with Crippen LogP contribution in [0.25, 0.3) is 5.65 Å². The van der Waals surface area contributed by atoms with Crippen LogP contribution in [0.1, 0.15) is 92.2 Å². The van der Waals surface area contributed by atoms with Gasteiger partial charge in [0.05, 0.1) is 18.2 Å². The molecule has 0 bridgehead atoms. The van der Waals surface area contributed by atoms with Gasteiger partial charge in [-0.25, -0.2) is 4.79 Å². The highest BCUT2D eigenvalue weighted by Gasteiger charge is 2.40. The summed E-state index contributed by atoms with van der Waals surface area (Å²) in [5.41, 5.74) is 7.17. The molecule has 1 atom stereocenters. The van der Waals surface area contributed by atoms with Crippen LogP contribution in [-0.4, -0.2) is 67.0 Å². The molecule has 1 fully saturated rings. The van der Waals surface area contributed by atoms with E-state index in [4.69, 9.17) is 20.2 Å². The number of carboxylic acid groups (broad SMARTS) is 1. The summed E-state index contributed by atoms with van der Waals surface area (Å²) in [6.45, 7) is 18.5. The number of carbonyl (C=O) groups excluding carboxylic acids is 1. The van der Waals surface area contributed by atoms with E-state index in [1.807, 2.05) is 39.0 Å². The Morgan fingerprint density at radius 1 is 1.18 bits per heavy atom. The number of piperidine rings is 1. The van der Waals surface area contributed by atoms with Gasteiger partial charge >= 0.3 is 12.1 Å². The van der Waals surface area contributed by atoms with Gasteiger partial charge in [0.15, 0.2) is 5.65 Å². The van der Waals surface area contributed by atoms with Crippen molar-refractivity contribution in [2.24, 2.45) is 5.41 Å². The van der Waals surface area contributed by atoms with E-state index >= 15 is 0 Å². The summed E-state index contributed by atoms with van der Waals surface area (Å²) < 4.78 is 14.1. The summed E-state index contributed by atoms with van der Waals surface area (Å²) in [7, 11) is 0. The van der Waals surface area contributed by atoms with Gasteiger partial charge in [-0.15, -0.1) is 0 Å². The molecule has 240 valence electrons. The van der Waals surface area contributed by atoms with E-state index in [2.05, 4.69) is 37.7 Å². The van der Waals surface area contributed by atoms with Crippen LogP contribution < -0.4 is 15.4 Å². The molecule has 1 aromatic carbocycles. The van der Waals surface area contributed by atoms with Gasteiger partial charge in [-0.1, -0.05) is 26.0 Å². The molecule has 44 heavy (non-hydrogen) atoms. The zero-order valence-corrected chi connectivity index (χ0v) is 27.5. The van der Waals surface area contributed by atoms with Crippen molar-refractivity contribution in [3.8, 4) is 5.88 Å². The van der Waals surface area contributed by atoms with Gasteiger partial charge in [-0.2, -0.15) is 14.6 Å². The van der Waals surface area contributed by atoms with Gasteiger partial charge in [-0.05, 0) is 84.9 Å². The third-order valence-electron chi connectivity index (χ3n) is 8.07. The second kappa shape index (κ2) is 12.3. The van der Waals surface area contributed by atoms with Gasteiger partial charge in [0.1, 0.15) is 17.5 Å². The van der Waals surface area contributed by atoms with Crippen molar-refractivity contribution in [1.82, 2.24) is 19.5 Å². The topological polar surface area (TPSA) is 136 Å². The zero-order valence-electron chi connectivity index (χ0n) is 27.5. The SMILES string of the molecule is CC(C)c1cnn2c(N(Cc3cccc(N)c3)C(=O)OC(C)(C)C)cc(O[C@@H]3CCC(C)(C)N(CC(C)(C)C(=O)O)C3)nc12. The summed E-state index contributed by atoms with van der Waals surface area (Å²) in [4.78, 5) is 34.3. The fourth-order valence-corrected chi connectivity index (χ4v) is 5.38.